The molecular formula is C25H26BrFN6O4. The second-order valence-corrected chi connectivity index (χ2v) is 8.60. The Bertz CT molecular complexity index is 1290. The monoisotopic (exact) mass is 572 g/mol. The predicted octanol–water partition coefficient (Wildman–Crippen LogP) is 3.68. The zero-order chi connectivity index (χ0) is 26.9. The van der Waals surface area contributed by atoms with Crippen LogP contribution in [0.3, 0.4) is 0 Å². The fourth-order valence-electron chi connectivity index (χ4n) is 3.25. The van der Waals surface area contributed by atoms with Gasteiger partial charge in [-0.05, 0) is 58.7 Å². The van der Waals surface area contributed by atoms with E-state index in [1.807, 2.05) is 6.92 Å². The highest BCUT2D eigenvalue weighted by Crippen LogP contribution is 2.33. The summed E-state index contributed by atoms with van der Waals surface area (Å²) < 4.78 is 26.8. The Morgan fingerprint density at radius 2 is 1.92 bits per heavy atom. The van der Waals surface area contributed by atoms with Crippen molar-refractivity contribution in [3.05, 3.63) is 81.8 Å². The molecule has 2 amide bonds. The van der Waals surface area contributed by atoms with Crippen LogP contribution in [0.25, 0.3) is 0 Å². The van der Waals surface area contributed by atoms with Crippen molar-refractivity contribution in [3.63, 3.8) is 0 Å². The van der Waals surface area contributed by atoms with E-state index in [-0.39, 0.29) is 35.1 Å². The van der Waals surface area contributed by atoms with E-state index in [1.54, 1.807) is 24.3 Å². The maximum Gasteiger partial charge on any atom is 0.270 e. The summed E-state index contributed by atoms with van der Waals surface area (Å²) in [6, 6.07) is 9.28. The SMILES string of the molecule is CCCOc1cc(OC)cc(C(Nc2ccc(C(=N)N)cc2)C(=O)NNC(=O)c2ccncc2Br)c1F. The number of carbonyl (C=O) groups excluding carboxylic acids is 2. The van der Waals surface area contributed by atoms with Gasteiger partial charge in [-0.2, -0.15) is 0 Å². The second kappa shape index (κ2) is 12.7. The summed E-state index contributed by atoms with van der Waals surface area (Å²) in [6.07, 6.45) is 3.52. The van der Waals surface area contributed by atoms with Crippen LogP contribution in [-0.4, -0.2) is 36.4 Å². The maximum atomic E-state index is 15.6. The predicted molar refractivity (Wildman–Crippen MR) is 140 cm³/mol. The average Bonchev–Trinajstić information content (AvgIpc) is 2.90. The highest BCUT2D eigenvalue weighted by atomic mass is 79.9. The molecule has 0 aliphatic heterocycles. The summed E-state index contributed by atoms with van der Waals surface area (Å²) >= 11 is 3.23. The molecule has 0 saturated heterocycles. The average molecular weight is 573 g/mol. The number of nitrogens with one attached hydrogen (secondary N) is 4. The number of methoxy groups -OCH3 is 1. The van der Waals surface area contributed by atoms with Crippen LogP contribution in [0.1, 0.15) is 40.9 Å². The molecule has 1 aromatic heterocycles. The number of carbonyl (C=O) groups is 2. The molecule has 37 heavy (non-hydrogen) atoms. The van der Waals surface area contributed by atoms with Gasteiger partial charge in [0.05, 0.1) is 19.3 Å². The lowest BCUT2D eigenvalue weighted by Crippen LogP contribution is -2.45. The fourth-order valence-corrected chi connectivity index (χ4v) is 3.68. The number of hydrogen-bond acceptors (Lipinski definition) is 7. The van der Waals surface area contributed by atoms with E-state index in [1.165, 1.54) is 37.7 Å². The Morgan fingerprint density at radius 3 is 2.54 bits per heavy atom. The number of benzene rings is 2. The summed E-state index contributed by atoms with van der Waals surface area (Å²) in [5, 5.41) is 10.5. The molecule has 0 aliphatic carbocycles. The first-order valence-corrected chi connectivity index (χ1v) is 11.9. The van der Waals surface area contributed by atoms with Crippen LogP contribution in [0.15, 0.2) is 59.3 Å². The standard InChI is InChI=1S/C25H26BrFN6O4/c1-3-10-37-20-12-16(36-2)11-18(21(20)27)22(31-15-6-4-14(5-7-15)23(28)29)25(35)33-32-24(34)17-8-9-30-13-19(17)26/h4-9,11-13,22,31H,3,10H2,1-2H3,(H3,28,29)(H,32,34)(H,33,35). The first kappa shape index (κ1) is 27.4. The largest absolute Gasteiger partial charge is 0.497 e. The van der Waals surface area contributed by atoms with Crippen molar-refractivity contribution in [2.75, 3.05) is 19.0 Å². The molecule has 1 unspecified atom stereocenters. The highest BCUT2D eigenvalue weighted by Gasteiger charge is 2.28. The van der Waals surface area contributed by atoms with Crippen LogP contribution >= 0.6 is 15.9 Å². The topological polar surface area (TPSA) is 151 Å². The molecule has 0 saturated carbocycles. The van der Waals surface area contributed by atoms with Gasteiger partial charge in [-0.25, -0.2) is 4.39 Å². The molecule has 194 valence electrons. The Hall–Kier alpha value is -4.19. The van der Waals surface area contributed by atoms with Gasteiger partial charge in [0.15, 0.2) is 11.6 Å². The highest BCUT2D eigenvalue weighted by molar-refractivity contribution is 9.10. The molecule has 2 aromatic carbocycles. The quantitative estimate of drug-likeness (QED) is 0.141. The van der Waals surface area contributed by atoms with Crippen molar-refractivity contribution in [2.24, 2.45) is 5.73 Å². The first-order chi connectivity index (χ1) is 17.7. The van der Waals surface area contributed by atoms with Gasteiger partial charge >= 0.3 is 0 Å². The summed E-state index contributed by atoms with van der Waals surface area (Å²) in [6.45, 7) is 2.14. The summed E-state index contributed by atoms with van der Waals surface area (Å²) in [5.41, 5.74) is 11.3. The molecule has 6 N–H and O–H groups in total. The Balaban J connectivity index is 1.95. The molecule has 1 atom stereocenters. The molecule has 0 spiro atoms. The molecule has 0 radical (unpaired) electrons. The van der Waals surface area contributed by atoms with Gasteiger partial charge in [-0.1, -0.05) is 6.92 Å². The van der Waals surface area contributed by atoms with Gasteiger partial charge in [0.1, 0.15) is 17.6 Å². The number of halogens is 2. The van der Waals surface area contributed by atoms with E-state index >= 15 is 4.39 Å². The number of aromatic nitrogens is 1. The molecule has 3 aromatic rings. The third-order valence-corrected chi connectivity index (χ3v) is 5.77. The second-order valence-electron chi connectivity index (χ2n) is 7.74. The van der Waals surface area contributed by atoms with Crippen LogP contribution in [-0.2, 0) is 4.79 Å². The number of amides is 2. The van der Waals surface area contributed by atoms with Crippen molar-refractivity contribution >= 4 is 39.3 Å². The van der Waals surface area contributed by atoms with Crippen LogP contribution in [0, 0.1) is 11.2 Å². The van der Waals surface area contributed by atoms with Gasteiger partial charge in [0.2, 0.25) is 0 Å². The molecule has 0 fully saturated rings. The van der Waals surface area contributed by atoms with E-state index in [4.69, 9.17) is 20.6 Å². The minimum absolute atomic E-state index is 0.0714. The smallest absolute Gasteiger partial charge is 0.270 e. The Kier molecular flexibility index (Phi) is 9.39. The molecular weight excluding hydrogens is 547 g/mol. The van der Waals surface area contributed by atoms with Gasteiger partial charge in [-0.15, -0.1) is 0 Å². The fraction of sp³-hybridized carbons (Fsp3) is 0.200. The summed E-state index contributed by atoms with van der Waals surface area (Å²) in [4.78, 5) is 29.8. The van der Waals surface area contributed by atoms with E-state index in [9.17, 15) is 9.59 Å². The number of pyridine rings is 1. The summed E-state index contributed by atoms with van der Waals surface area (Å²) in [5.74, 6) is -2.05. The number of amidine groups is 1. The van der Waals surface area contributed by atoms with Crippen molar-refractivity contribution in [1.29, 1.82) is 5.41 Å². The van der Waals surface area contributed by atoms with Crippen molar-refractivity contribution < 1.29 is 23.5 Å². The van der Waals surface area contributed by atoms with E-state index in [0.29, 0.717) is 22.1 Å². The minimum Gasteiger partial charge on any atom is -0.497 e. The lowest BCUT2D eigenvalue weighted by atomic mass is 10.0. The lowest BCUT2D eigenvalue weighted by Gasteiger charge is -2.22. The number of nitrogens with two attached hydrogens (primary N) is 1. The number of hydrazine groups is 1. The molecule has 10 nitrogen and oxygen atoms in total. The van der Waals surface area contributed by atoms with Gasteiger partial charge in [-0.3, -0.25) is 30.8 Å². The van der Waals surface area contributed by atoms with Gasteiger partial charge in [0.25, 0.3) is 11.8 Å². The van der Waals surface area contributed by atoms with Crippen LogP contribution in [0.2, 0.25) is 0 Å². The lowest BCUT2D eigenvalue weighted by molar-refractivity contribution is -0.122. The third-order valence-electron chi connectivity index (χ3n) is 5.13. The molecule has 3 rings (SSSR count). The molecule has 1 heterocycles. The zero-order valence-corrected chi connectivity index (χ0v) is 21.7. The molecule has 0 aliphatic rings. The number of anilines is 1. The number of hydrogen-bond donors (Lipinski definition) is 5. The third kappa shape index (κ3) is 6.94. The van der Waals surface area contributed by atoms with Crippen molar-refractivity contribution in [2.45, 2.75) is 19.4 Å². The van der Waals surface area contributed by atoms with E-state index in [0.717, 1.165) is 0 Å². The van der Waals surface area contributed by atoms with E-state index in [2.05, 4.69) is 37.1 Å². The Labute approximate surface area is 221 Å². The summed E-state index contributed by atoms with van der Waals surface area (Å²) in [7, 11) is 1.41. The number of nitrogens with zero attached hydrogens (tertiary/aromatic N) is 1. The molecule has 12 heteroatoms. The molecule has 0 bridgehead atoms. The minimum atomic E-state index is -1.32. The maximum absolute atomic E-state index is 15.6. The normalized spacial score (nSPS) is 11.2. The van der Waals surface area contributed by atoms with Gasteiger partial charge in [0, 0.05) is 39.7 Å². The number of rotatable bonds is 10. The van der Waals surface area contributed by atoms with Crippen molar-refractivity contribution in [3.8, 4) is 11.5 Å². The Morgan fingerprint density at radius 1 is 1.19 bits per heavy atom. The van der Waals surface area contributed by atoms with Crippen LogP contribution < -0.4 is 31.4 Å². The van der Waals surface area contributed by atoms with Gasteiger partial charge < -0.3 is 20.5 Å². The van der Waals surface area contributed by atoms with Crippen LogP contribution in [0.5, 0.6) is 11.5 Å². The van der Waals surface area contributed by atoms with Crippen LogP contribution in [0.4, 0.5) is 10.1 Å². The van der Waals surface area contributed by atoms with E-state index < -0.39 is 23.7 Å². The first-order valence-electron chi connectivity index (χ1n) is 11.2. The number of ether oxygens (including phenoxy) is 2. The zero-order valence-electron chi connectivity index (χ0n) is 20.1. The number of nitrogen functional groups attached to an aromatic ring is 1. The van der Waals surface area contributed by atoms with Crippen molar-refractivity contribution in [1.82, 2.24) is 15.8 Å².